The molecule has 1 N–H and O–H groups in total. The molecule has 3 aromatic rings. The highest BCUT2D eigenvalue weighted by Gasteiger charge is 2.28. The lowest BCUT2D eigenvalue weighted by Gasteiger charge is -2.35. The van der Waals surface area contributed by atoms with E-state index in [1.807, 2.05) is 41.4 Å². The summed E-state index contributed by atoms with van der Waals surface area (Å²) < 4.78 is 5.69. The summed E-state index contributed by atoms with van der Waals surface area (Å²) in [5.74, 6) is 0.581. The maximum absolute atomic E-state index is 12.7. The topological polar surface area (TPSA) is 58.2 Å². The molecule has 5 nitrogen and oxygen atoms in total. The summed E-state index contributed by atoms with van der Waals surface area (Å²) in [4.78, 5) is 21.9. The minimum atomic E-state index is -0.0242. The zero-order valence-corrected chi connectivity index (χ0v) is 13.5. The average Bonchev–Trinajstić information content (AvgIpc) is 3.07. The molecule has 1 amide bonds. The first-order valence-electron chi connectivity index (χ1n) is 8.18. The number of pyridine rings is 1. The highest BCUT2D eigenvalue weighted by Crippen LogP contribution is 2.30. The van der Waals surface area contributed by atoms with Crippen LogP contribution in [0.4, 0.5) is 5.69 Å². The lowest BCUT2D eigenvalue weighted by atomic mass is 9.96. The molecule has 0 bridgehead atoms. The van der Waals surface area contributed by atoms with Gasteiger partial charge in [0.05, 0.1) is 6.20 Å². The molecule has 1 aromatic carbocycles. The van der Waals surface area contributed by atoms with E-state index in [1.54, 1.807) is 6.20 Å². The molecular formula is C19H19N3O2. The Balaban J connectivity index is 1.51. The molecule has 1 atom stereocenters. The van der Waals surface area contributed by atoms with E-state index < -0.39 is 0 Å². The van der Waals surface area contributed by atoms with E-state index in [-0.39, 0.29) is 18.6 Å². The van der Waals surface area contributed by atoms with E-state index in [0.29, 0.717) is 5.75 Å². The van der Waals surface area contributed by atoms with Crippen LogP contribution in [0.1, 0.15) is 18.9 Å². The molecule has 0 spiro atoms. The highest BCUT2D eigenvalue weighted by molar-refractivity contribution is 5.96. The van der Waals surface area contributed by atoms with Gasteiger partial charge in [0.15, 0.2) is 6.61 Å². The Morgan fingerprint density at radius 1 is 1.38 bits per heavy atom. The number of hydrogen-bond acceptors (Lipinski definition) is 3. The van der Waals surface area contributed by atoms with Crippen molar-refractivity contribution in [3.63, 3.8) is 0 Å². The minimum Gasteiger partial charge on any atom is -0.482 e. The number of rotatable bonds is 3. The number of carbonyl (C=O) groups excluding carboxylic acids is 1. The van der Waals surface area contributed by atoms with Crippen LogP contribution in [0.15, 0.2) is 48.8 Å². The van der Waals surface area contributed by atoms with Gasteiger partial charge in [0.2, 0.25) is 0 Å². The lowest BCUT2D eigenvalue weighted by molar-refractivity contribution is -0.121. The van der Waals surface area contributed by atoms with E-state index in [9.17, 15) is 4.79 Å². The number of fused-ring (bicyclic) bond motifs is 2. The molecule has 5 heteroatoms. The Morgan fingerprint density at radius 2 is 2.25 bits per heavy atom. The number of aromatic nitrogens is 2. The van der Waals surface area contributed by atoms with Crippen LogP contribution in [0.2, 0.25) is 0 Å². The van der Waals surface area contributed by atoms with Crippen molar-refractivity contribution in [2.75, 3.05) is 11.5 Å². The summed E-state index contributed by atoms with van der Waals surface area (Å²) in [6.45, 7) is 2.09. The number of para-hydroxylation sites is 1. The molecule has 3 heterocycles. The number of hydrogen-bond donors (Lipinski definition) is 1. The summed E-state index contributed by atoms with van der Waals surface area (Å²) in [5, 5.41) is 0.969. The van der Waals surface area contributed by atoms with Gasteiger partial charge in [-0.3, -0.25) is 4.79 Å². The van der Waals surface area contributed by atoms with E-state index in [4.69, 9.17) is 4.74 Å². The largest absolute Gasteiger partial charge is 0.482 e. The molecule has 0 saturated heterocycles. The van der Waals surface area contributed by atoms with Crippen molar-refractivity contribution in [2.24, 2.45) is 0 Å². The monoisotopic (exact) mass is 321 g/mol. The number of H-pyrrole nitrogens is 1. The maximum Gasteiger partial charge on any atom is 0.265 e. The number of anilines is 1. The Labute approximate surface area is 140 Å². The summed E-state index contributed by atoms with van der Waals surface area (Å²) in [7, 11) is 0. The number of amides is 1. The van der Waals surface area contributed by atoms with E-state index in [2.05, 4.69) is 23.0 Å². The van der Waals surface area contributed by atoms with Crippen molar-refractivity contribution in [2.45, 2.75) is 25.8 Å². The minimum absolute atomic E-state index is 0.0102. The van der Waals surface area contributed by atoms with E-state index in [1.165, 1.54) is 5.56 Å². The van der Waals surface area contributed by atoms with Crippen molar-refractivity contribution in [1.29, 1.82) is 0 Å². The summed E-state index contributed by atoms with van der Waals surface area (Å²) in [6, 6.07) is 12.1. The number of nitrogens with one attached hydrogen (secondary N) is 1. The second-order valence-electron chi connectivity index (χ2n) is 6.16. The van der Waals surface area contributed by atoms with Gasteiger partial charge in [-0.1, -0.05) is 18.2 Å². The number of aromatic amines is 1. The number of ether oxygens (including phenoxy) is 1. The SMILES string of the molecule is CC1CCc2ccccc2N1C(=O)COc1cnc2[nH]ccc2c1. The predicted molar refractivity (Wildman–Crippen MR) is 93.3 cm³/mol. The van der Waals surface area contributed by atoms with Gasteiger partial charge < -0.3 is 14.6 Å². The van der Waals surface area contributed by atoms with Gasteiger partial charge in [-0.15, -0.1) is 0 Å². The molecule has 0 fully saturated rings. The van der Waals surface area contributed by atoms with Crippen LogP contribution in [0, 0.1) is 0 Å². The molecule has 1 unspecified atom stereocenters. The maximum atomic E-state index is 12.7. The fourth-order valence-electron chi connectivity index (χ4n) is 3.28. The zero-order chi connectivity index (χ0) is 16.5. The van der Waals surface area contributed by atoms with Gasteiger partial charge in [0.1, 0.15) is 11.4 Å². The van der Waals surface area contributed by atoms with Gasteiger partial charge in [0, 0.05) is 23.3 Å². The second kappa shape index (κ2) is 6.00. The molecule has 24 heavy (non-hydrogen) atoms. The second-order valence-corrected chi connectivity index (χ2v) is 6.16. The zero-order valence-electron chi connectivity index (χ0n) is 13.5. The molecule has 1 aliphatic rings. The van der Waals surface area contributed by atoms with E-state index >= 15 is 0 Å². The van der Waals surface area contributed by atoms with Crippen molar-refractivity contribution in [3.8, 4) is 5.75 Å². The molecule has 122 valence electrons. The predicted octanol–water partition coefficient (Wildman–Crippen LogP) is 3.31. The molecular weight excluding hydrogens is 302 g/mol. The average molecular weight is 321 g/mol. The van der Waals surface area contributed by atoms with Gasteiger partial charge in [-0.25, -0.2) is 4.98 Å². The molecule has 4 rings (SSSR count). The standard InChI is InChI=1S/C19H19N3O2/c1-13-6-7-14-4-2-3-5-17(14)22(13)18(23)12-24-16-10-15-8-9-20-19(15)21-11-16/h2-5,8-11,13H,6-7,12H2,1H3,(H,20,21). The van der Waals surface area contributed by atoms with Gasteiger partial charge >= 0.3 is 0 Å². The normalized spacial score (nSPS) is 16.9. The van der Waals surface area contributed by atoms with Crippen molar-refractivity contribution < 1.29 is 9.53 Å². The molecule has 0 saturated carbocycles. The van der Waals surface area contributed by atoms with Crippen molar-refractivity contribution >= 4 is 22.6 Å². The number of aryl methyl sites for hydroxylation is 1. The Bertz CT molecular complexity index is 887. The Kier molecular flexibility index (Phi) is 3.69. The first-order valence-corrected chi connectivity index (χ1v) is 8.18. The Hall–Kier alpha value is -2.82. The van der Waals surface area contributed by atoms with Crippen LogP contribution < -0.4 is 9.64 Å². The van der Waals surface area contributed by atoms with Crippen LogP contribution in [0.5, 0.6) is 5.75 Å². The summed E-state index contributed by atoms with van der Waals surface area (Å²) >= 11 is 0. The van der Waals surface area contributed by atoms with Crippen LogP contribution in [-0.4, -0.2) is 28.5 Å². The summed E-state index contributed by atoms with van der Waals surface area (Å²) in [6.07, 6.45) is 5.45. The Morgan fingerprint density at radius 3 is 3.17 bits per heavy atom. The fraction of sp³-hybridized carbons (Fsp3) is 0.263. The molecule has 0 aliphatic carbocycles. The molecule has 2 aromatic heterocycles. The van der Waals surface area contributed by atoms with Gasteiger partial charge in [-0.05, 0) is 43.5 Å². The van der Waals surface area contributed by atoms with Gasteiger partial charge in [0.25, 0.3) is 5.91 Å². The molecule has 0 radical (unpaired) electrons. The smallest absolute Gasteiger partial charge is 0.265 e. The van der Waals surface area contributed by atoms with Crippen LogP contribution in [-0.2, 0) is 11.2 Å². The lowest BCUT2D eigenvalue weighted by Crippen LogP contribution is -2.44. The first-order chi connectivity index (χ1) is 11.7. The third-order valence-corrected chi connectivity index (χ3v) is 4.53. The third kappa shape index (κ3) is 2.62. The van der Waals surface area contributed by atoms with Crippen LogP contribution >= 0.6 is 0 Å². The number of carbonyl (C=O) groups is 1. The quantitative estimate of drug-likeness (QED) is 0.805. The summed E-state index contributed by atoms with van der Waals surface area (Å²) in [5.41, 5.74) is 3.04. The third-order valence-electron chi connectivity index (χ3n) is 4.53. The van der Waals surface area contributed by atoms with Crippen molar-refractivity contribution in [3.05, 3.63) is 54.4 Å². The van der Waals surface area contributed by atoms with Gasteiger partial charge in [-0.2, -0.15) is 0 Å². The highest BCUT2D eigenvalue weighted by atomic mass is 16.5. The van der Waals surface area contributed by atoms with Crippen LogP contribution in [0.25, 0.3) is 11.0 Å². The first kappa shape index (κ1) is 14.8. The van der Waals surface area contributed by atoms with Crippen LogP contribution in [0.3, 0.4) is 0 Å². The fourth-order valence-corrected chi connectivity index (χ4v) is 3.28. The molecule has 1 aliphatic heterocycles. The number of benzene rings is 1. The number of nitrogens with zero attached hydrogens (tertiary/aromatic N) is 2. The van der Waals surface area contributed by atoms with E-state index in [0.717, 1.165) is 29.6 Å². The van der Waals surface area contributed by atoms with Crippen molar-refractivity contribution in [1.82, 2.24) is 9.97 Å².